The molecule has 2 aromatic rings. The number of benzene rings is 1. The van der Waals surface area contributed by atoms with Gasteiger partial charge in [0.2, 0.25) is 0 Å². The van der Waals surface area contributed by atoms with Gasteiger partial charge in [-0.25, -0.2) is 8.78 Å². The summed E-state index contributed by atoms with van der Waals surface area (Å²) in [6.07, 6.45) is 0.959. The molecular weight excluding hydrogens is 340 g/mol. The maximum atomic E-state index is 13.7. The van der Waals surface area contributed by atoms with Crippen molar-refractivity contribution >= 4 is 33.3 Å². The molecule has 1 aromatic heterocycles. The van der Waals surface area contributed by atoms with Gasteiger partial charge in [-0.3, -0.25) is 9.78 Å². The third-order valence-electron chi connectivity index (χ3n) is 2.50. The molecule has 2 rings (SSSR count). The number of aromatic nitrogens is 1. The molecule has 1 heterocycles. The average Bonchev–Trinajstić information content (AvgIpc) is 2.39. The number of carbonyl (C=O) groups is 1. The van der Waals surface area contributed by atoms with Crippen LogP contribution in [0.25, 0.3) is 0 Å². The van der Waals surface area contributed by atoms with Crippen LogP contribution in [0.15, 0.2) is 34.9 Å². The van der Waals surface area contributed by atoms with E-state index in [4.69, 9.17) is 11.6 Å². The van der Waals surface area contributed by atoms with E-state index in [9.17, 15) is 13.6 Å². The zero-order chi connectivity index (χ0) is 14.0. The molecule has 0 amide bonds. The summed E-state index contributed by atoms with van der Waals surface area (Å²) < 4.78 is 27.4. The molecule has 0 atom stereocenters. The van der Waals surface area contributed by atoms with Crippen LogP contribution in [-0.2, 0) is 6.42 Å². The largest absolute Gasteiger partial charge is 0.292 e. The first-order valence-electron chi connectivity index (χ1n) is 5.26. The Labute approximate surface area is 121 Å². The smallest absolute Gasteiger partial charge is 0.187 e. The fraction of sp³-hybridized carbons (Fsp3) is 0.0769. The summed E-state index contributed by atoms with van der Waals surface area (Å²) in [5.74, 6) is -2.11. The third-order valence-corrected chi connectivity index (χ3v) is 3.42. The Morgan fingerprint density at radius 2 is 2.05 bits per heavy atom. The lowest BCUT2D eigenvalue weighted by atomic mass is 10.1. The molecule has 0 aliphatic heterocycles. The number of Topliss-reactive ketones (excluding diaryl/α,β-unsaturated/α-hetero) is 1. The van der Waals surface area contributed by atoms with Gasteiger partial charge in [0.15, 0.2) is 5.78 Å². The number of halogens is 4. The van der Waals surface area contributed by atoms with E-state index in [2.05, 4.69) is 20.9 Å². The van der Waals surface area contributed by atoms with Crippen LogP contribution in [-0.4, -0.2) is 10.8 Å². The fourth-order valence-electron chi connectivity index (χ4n) is 1.57. The van der Waals surface area contributed by atoms with E-state index in [1.54, 1.807) is 6.07 Å². The lowest BCUT2D eigenvalue weighted by molar-refractivity contribution is 0.0986. The highest BCUT2D eigenvalue weighted by atomic mass is 79.9. The first kappa shape index (κ1) is 14.1. The highest BCUT2D eigenvalue weighted by molar-refractivity contribution is 9.10. The molecule has 19 heavy (non-hydrogen) atoms. The van der Waals surface area contributed by atoms with E-state index in [1.165, 1.54) is 18.3 Å². The van der Waals surface area contributed by atoms with Crippen LogP contribution in [0.5, 0.6) is 0 Å². The highest BCUT2D eigenvalue weighted by Crippen LogP contribution is 2.23. The number of nitrogens with zero attached hydrogens (tertiary/aromatic N) is 1. The van der Waals surface area contributed by atoms with Crippen molar-refractivity contribution in [3.63, 3.8) is 0 Å². The van der Waals surface area contributed by atoms with Crippen molar-refractivity contribution in [3.05, 3.63) is 62.8 Å². The zero-order valence-corrected chi connectivity index (χ0v) is 11.8. The first-order valence-corrected chi connectivity index (χ1v) is 6.44. The van der Waals surface area contributed by atoms with Crippen LogP contribution in [0.4, 0.5) is 8.78 Å². The van der Waals surface area contributed by atoms with E-state index in [0.717, 1.165) is 6.07 Å². The average molecular weight is 347 g/mol. The Bertz CT molecular complexity index is 649. The minimum Gasteiger partial charge on any atom is -0.292 e. The van der Waals surface area contributed by atoms with Crippen molar-refractivity contribution in [2.24, 2.45) is 0 Å². The Morgan fingerprint density at radius 1 is 1.32 bits per heavy atom. The Balaban J connectivity index is 2.35. The van der Waals surface area contributed by atoms with Gasteiger partial charge < -0.3 is 0 Å². The minimum absolute atomic E-state index is 0.00272. The molecule has 0 N–H and O–H groups in total. The van der Waals surface area contributed by atoms with Gasteiger partial charge in [-0.05, 0) is 40.2 Å². The van der Waals surface area contributed by atoms with Crippen molar-refractivity contribution in [1.82, 2.24) is 4.98 Å². The molecule has 0 bridgehead atoms. The lowest BCUT2D eigenvalue weighted by Gasteiger charge is -2.06. The minimum atomic E-state index is -0.791. The number of hydrogen-bond donors (Lipinski definition) is 0. The number of pyridine rings is 1. The van der Waals surface area contributed by atoms with Crippen molar-refractivity contribution in [2.45, 2.75) is 6.42 Å². The van der Waals surface area contributed by atoms with E-state index in [-0.39, 0.29) is 20.8 Å². The molecule has 0 aliphatic rings. The number of rotatable bonds is 3. The predicted octanol–water partition coefficient (Wildman–Crippen LogP) is 4.20. The molecule has 0 spiro atoms. The van der Waals surface area contributed by atoms with E-state index < -0.39 is 23.8 Å². The van der Waals surface area contributed by atoms with Crippen LogP contribution < -0.4 is 0 Å². The fourth-order valence-corrected chi connectivity index (χ4v) is 2.16. The van der Waals surface area contributed by atoms with Crippen molar-refractivity contribution in [3.8, 4) is 0 Å². The second-order valence-corrected chi connectivity index (χ2v) is 5.02. The zero-order valence-electron chi connectivity index (χ0n) is 9.46. The Hall–Kier alpha value is -1.33. The summed E-state index contributed by atoms with van der Waals surface area (Å²) in [5, 5.41) is 0.156. The Morgan fingerprint density at radius 3 is 2.74 bits per heavy atom. The summed E-state index contributed by atoms with van der Waals surface area (Å²) in [4.78, 5) is 15.8. The third kappa shape index (κ3) is 2.98. The van der Waals surface area contributed by atoms with Gasteiger partial charge in [-0.15, -0.1) is 0 Å². The molecule has 98 valence electrons. The van der Waals surface area contributed by atoms with E-state index >= 15 is 0 Å². The topological polar surface area (TPSA) is 30.0 Å². The van der Waals surface area contributed by atoms with E-state index in [0.29, 0.717) is 0 Å². The van der Waals surface area contributed by atoms with Gasteiger partial charge in [0.25, 0.3) is 0 Å². The molecule has 0 saturated carbocycles. The maximum absolute atomic E-state index is 13.7. The normalized spacial score (nSPS) is 10.5. The van der Waals surface area contributed by atoms with Gasteiger partial charge >= 0.3 is 0 Å². The first-order chi connectivity index (χ1) is 9.00. The monoisotopic (exact) mass is 345 g/mol. The lowest BCUT2D eigenvalue weighted by Crippen LogP contribution is -2.10. The maximum Gasteiger partial charge on any atom is 0.187 e. The van der Waals surface area contributed by atoms with Gasteiger partial charge in [-0.2, -0.15) is 0 Å². The molecule has 0 fully saturated rings. The second-order valence-electron chi connectivity index (χ2n) is 3.76. The quantitative estimate of drug-likeness (QED) is 0.616. The van der Waals surface area contributed by atoms with Crippen LogP contribution in [0.1, 0.15) is 16.1 Å². The number of carbonyl (C=O) groups excluding carboxylic acids is 1. The predicted molar refractivity (Wildman–Crippen MR) is 71.3 cm³/mol. The molecule has 0 unspecified atom stereocenters. The van der Waals surface area contributed by atoms with E-state index in [1.807, 2.05) is 0 Å². The standard InChI is InChI=1S/C13H7BrClF2NO/c14-8-3-4-10(16)7(12(8)17)6-11(19)13-9(15)2-1-5-18-13/h1-5H,6H2. The molecule has 2 nitrogen and oxygen atoms in total. The SMILES string of the molecule is O=C(Cc1c(F)ccc(Br)c1F)c1ncccc1Cl. The molecule has 0 radical (unpaired) electrons. The highest BCUT2D eigenvalue weighted by Gasteiger charge is 2.19. The van der Waals surface area contributed by atoms with Gasteiger partial charge in [-0.1, -0.05) is 11.6 Å². The van der Waals surface area contributed by atoms with Gasteiger partial charge in [0, 0.05) is 18.2 Å². The van der Waals surface area contributed by atoms with Gasteiger partial charge in [0.05, 0.1) is 9.50 Å². The van der Waals surface area contributed by atoms with Crippen molar-refractivity contribution in [1.29, 1.82) is 0 Å². The van der Waals surface area contributed by atoms with Crippen LogP contribution in [0.2, 0.25) is 5.02 Å². The van der Waals surface area contributed by atoms with Crippen LogP contribution in [0.3, 0.4) is 0 Å². The molecule has 6 heteroatoms. The summed E-state index contributed by atoms with van der Waals surface area (Å²) in [5.41, 5.74) is -0.302. The summed E-state index contributed by atoms with van der Waals surface area (Å²) in [6.45, 7) is 0. The molecule has 0 aliphatic carbocycles. The molecule has 0 saturated heterocycles. The Kier molecular flexibility index (Phi) is 4.27. The van der Waals surface area contributed by atoms with Crippen LogP contribution in [0, 0.1) is 11.6 Å². The van der Waals surface area contributed by atoms with Gasteiger partial charge in [0.1, 0.15) is 17.3 Å². The summed E-state index contributed by atoms with van der Waals surface area (Å²) in [7, 11) is 0. The number of ketones is 1. The molecular formula is C13H7BrClF2NO. The second kappa shape index (κ2) is 5.75. The molecule has 1 aromatic carbocycles. The van der Waals surface area contributed by atoms with Crippen molar-refractivity contribution in [2.75, 3.05) is 0 Å². The number of hydrogen-bond acceptors (Lipinski definition) is 2. The van der Waals surface area contributed by atoms with Crippen LogP contribution >= 0.6 is 27.5 Å². The summed E-state index contributed by atoms with van der Waals surface area (Å²) in [6, 6.07) is 5.40. The summed E-state index contributed by atoms with van der Waals surface area (Å²) >= 11 is 8.76. The van der Waals surface area contributed by atoms with Crippen molar-refractivity contribution < 1.29 is 13.6 Å².